The molecule has 0 saturated heterocycles. The molecular formula is C9H17N3. The monoisotopic (exact) mass is 167 g/mol. The third-order valence-corrected chi connectivity index (χ3v) is 1.78. The van der Waals surface area contributed by atoms with Crippen molar-refractivity contribution < 1.29 is 0 Å². The summed E-state index contributed by atoms with van der Waals surface area (Å²) in [6, 6.07) is 0. The Kier molecular flexibility index (Phi) is 3.80. The van der Waals surface area contributed by atoms with Crippen molar-refractivity contribution in [3.05, 3.63) is 18.2 Å². The summed E-state index contributed by atoms with van der Waals surface area (Å²) in [5.41, 5.74) is 1.10. The Morgan fingerprint density at radius 1 is 1.58 bits per heavy atom. The third kappa shape index (κ3) is 3.05. The lowest BCUT2D eigenvalue weighted by molar-refractivity contribution is 0.592. The van der Waals surface area contributed by atoms with Crippen LogP contribution in [0.2, 0.25) is 0 Å². The van der Waals surface area contributed by atoms with Crippen LogP contribution in [0, 0.1) is 6.92 Å². The Morgan fingerprint density at radius 2 is 2.42 bits per heavy atom. The van der Waals surface area contributed by atoms with Crippen molar-refractivity contribution in [2.24, 2.45) is 0 Å². The molecule has 1 rings (SSSR count). The number of rotatable bonds is 5. The molecule has 0 aliphatic heterocycles. The number of aryl methyl sites for hydroxylation is 2. The Labute approximate surface area is 73.8 Å². The lowest BCUT2D eigenvalue weighted by atomic mass is 10.4. The average molecular weight is 167 g/mol. The van der Waals surface area contributed by atoms with E-state index in [-0.39, 0.29) is 0 Å². The van der Waals surface area contributed by atoms with Gasteiger partial charge >= 0.3 is 0 Å². The predicted molar refractivity (Wildman–Crippen MR) is 50.1 cm³/mol. The predicted octanol–water partition coefficient (Wildman–Crippen LogP) is 1.19. The molecule has 1 N–H and O–H groups in total. The molecule has 3 nitrogen and oxygen atoms in total. The molecule has 0 fully saturated rings. The highest BCUT2D eigenvalue weighted by atomic mass is 15.0. The SMILES string of the molecule is CCNCCCn1cnc(C)c1. The van der Waals surface area contributed by atoms with Crippen molar-refractivity contribution in [2.45, 2.75) is 26.8 Å². The number of hydrogen-bond acceptors (Lipinski definition) is 2. The lowest BCUT2D eigenvalue weighted by Crippen LogP contribution is -2.15. The van der Waals surface area contributed by atoms with Gasteiger partial charge in [-0.05, 0) is 26.4 Å². The zero-order valence-electron chi connectivity index (χ0n) is 7.88. The van der Waals surface area contributed by atoms with E-state index in [9.17, 15) is 0 Å². The molecule has 0 atom stereocenters. The number of nitrogens with one attached hydrogen (secondary N) is 1. The molecule has 0 aliphatic rings. The molecule has 0 aliphatic carbocycles. The van der Waals surface area contributed by atoms with E-state index >= 15 is 0 Å². The van der Waals surface area contributed by atoms with Gasteiger partial charge in [0.2, 0.25) is 0 Å². The van der Waals surface area contributed by atoms with Gasteiger partial charge in [-0.25, -0.2) is 4.98 Å². The highest BCUT2D eigenvalue weighted by Crippen LogP contribution is 1.94. The summed E-state index contributed by atoms with van der Waals surface area (Å²) in [5.74, 6) is 0. The first-order valence-corrected chi connectivity index (χ1v) is 4.52. The molecular weight excluding hydrogens is 150 g/mol. The second kappa shape index (κ2) is 4.93. The summed E-state index contributed by atoms with van der Waals surface area (Å²) in [6.07, 6.45) is 5.14. The molecule has 0 aromatic carbocycles. The van der Waals surface area contributed by atoms with Crippen LogP contribution in [0.5, 0.6) is 0 Å². The zero-order chi connectivity index (χ0) is 8.81. The van der Waals surface area contributed by atoms with Crippen LogP contribution >= 0.6 is 0 Å². The summed E-state index contributed by atoms with van der Waals surface area (Å²) in [6.45, 7) is 7.35. The highest BCUT2D eigenvalue weighted by molar-refractivity contribution is 4.91. The molecule has 1 heterocycles. The Bertz CT molecular complexity index is 217. The maximum atomic E-state index is 4.16. The van der Waals surface area contributed by atoms with Gasteiger partial charge in [0.05, 0.1) is 12.0 Å². The van der Waals surface area contributed by atoms with Gasteiger partial charge in [0.15, 0.2) is 0 Å². The first-order valence-electron chi connectivity index (χ1n) is 4.52. The molecule has 0 bridgehead atoms. The highest BCUT2D eigenvalue weighted by Gasteiger charge is 1.92. The smallest absolute Gasteiger partial charge is 0.0949 e. The minimum absolute atomic E-state index is 1.06. The molecule has 12 heavy (non-hydrogen) atoms. The van der Waals surface area contributed by atoms with Gasteiger partial charge in [-0.2, -0.15) is 0 Å². The van der Waals surface area contributed by atoms with Gasteiger partial charge in [0.1, 0.15) is 0 Å². The first kappa shape index (κ1) is 9.26. The fraction of sp³-hybridized carbons (Fsp3) is 0.667. The largest absolute Gasteiger partial charge is 0.337 e. The van der Waals surface area contributed by atoms with Crippen molar-refractivity contribution >= 4 is 0 Å². The van der Waals surface area contributed by atoms with E-state index in [1.807, 2.05) is 13.3 Å². The number of aromatic nitrogens is 2. The van der Waals surface area contributed by atoms with Crippen LogP contribution in [0.3, 0.4) is 0 Å². The van der Waals surface area contributed by atoms with E-state index in [4.69, 9.17) is 0 Å². The number of imidazole rings is 1. The van der Waals surface area contributed by atoms with Crippen molar-refractivity contribution in [3.63, 3.8) is 0 Å². The number of nitrogens with zero attached hydrogens (tertiary/aromatic N) is 2. The van der Waals surface area contributed by atoms with Crippen LogP contribution in [0.15, 0.2) is 12.5 Å². The van der Waals surface area contributed by atoms with Gasteiger partial charge in [0, 0.05) is 12.7 Å². The van der Waals surface area contributed by atoms with E-state index in [0.29, 0.717) is 0 Å². The van der Waals surface area contributed by atoms with Crippen LogP contribution in [-0.2, 0) is 6.54 Å². The maximum Gasteiger partial charge on any atom is 0.0949 e. The van der Waals surface area contributed by atoms with Crippen molar-refractivity contribution in [1.29, 1.82) is 0 Å². The van der Waals surface area contributed by atoms with Crippen molar-refractivity contribution in [3.8, 4) is 0 Å². The fourth-order valence-corrected chi connectivity index (χ4v) is 1.16. The molecule has 0 radical (unpaired) electrons. The fourth-order valence-electron chi connectivity index (χ4n) is 1.16. The van der Waals surface area contributed by atoms with Crippen molar-refractivity contribution in [1.82, 2.24) is 14.9 Å². The van der Waals surface area contributed by atoms with Gasteiger partial charge in [0.25, 0.3) is 0 Å². The number of hydrogen-bond donors (Lipinski definition) is 1. The molecule has 0 spiro atoms. The van der Waals surface area contributed by atoms with Crippen LogP contribution in [0.4, 0.5) is 0 Å². The van der Waals surface area contributed by atoms with E-state index in [1.165, 1.54) is 6.42 Å². The molecule has 0 unspecified atom stereocenters. The second-order valence-corrected chi connectivity index (χ2v) is 2.96. The van der Waals surface area contributed by atoms with Crippen LogP contribution < -0.4 is 5.32 Å². The van der Waals surface area contributed by atoms with Crippen LogP contribution in [0.1, 0.15) is 19.0 Å². The Balaban J connectivity index is 2.15. The van der Waals surface area contributed by atoms with Gasteiger partial charge in [-0.3, -0.25) is 0 Å². The van der Waals surface area contributed by atoms with Gasteiger partial charge in [-0.1, -0.05) is 6.92 Å². The van der Waals surface area contributed by atoms with Gasteiger partial charge in [-0.15, -0.1) is 0 Å². The summed E-state index contributed by atoms with van der Waals surface area (Å²) < 4.78 is 2.13. The summed E-state index contributed by atoms with van der Waals surface area (Å²) in [7, 11) is 0. The zero-order valence-corrected chi connectivity index (χ0v) is 7.88. The summed E-state index contributed by atoms with van der Waals surface area (Å²) >= 11 is 0. The minimum atomic E-state index is 1.06. The lowest BCUT2D eigenvalue weighted by Gasteiger charge is -2.01. The molecule has 1 aromatic rings. The topological polar surface area (TPSA) is 29.9 Å². The maximum absolute atomic E-state index is 4.16. The van der Waals surface area contributed by atoms with Crippen LogP contribution in [0.25, 0.3) is 0 Å². The van der Waals surface area contributed by atoms with Crippen LogP contribution in [-0.4, -0.2) is 22.6 Å². The molecule has 3 heteroatoms. The standard InChI is InChI=1S/C9H17N3/c1-3-10-5-4-6-12-7-9(2)11-8-12/h7-8,10H,3-6H2,1-2H3. The van der Waals surface area contributed by atoms with E-state index in [0.717, 1.165) is 25.3 Å². The molecule has 1 aromatic heterocycles. The summed E-state index contributed by atoms with van der Waals surface area (Å²) in [4.78, 5) is 4.16. The van der Waals surface area contributed by atoms with E-state index in [2.05, 4.69) is 28.0 Å². The Hall–Kier alpha value is -0.830. The minimum Gasteiger partial charge on any atom is -0.337 e. The summed E-state index contributed by atoms with van der Waals surface area (Å²) in [5, 5.41) is 3.29. The first-order chi connectivity index (χ1) is 5.83. The molecule has 68 valence electrons. The Morgan fingerprint density at radius 3 is 3.00 bits per heavy atom. The molecule has 0 saturated carbocycles. The van der Waals surface area contributed by atoms with E-state index < -0.39 is 0 Å². The second-order valence-electron chi connectivity index (χ2n) is 2.96. The average Bonchev–Trinajstić information content (AvgIpc) is 2.45. The van der Waals surface area contributed by atoms with Crippen molar-refractivity contribution in [2.75, 3.05) is 13.1 Å². The normalized spacial score (nSPS) is 10.5. The third-order valence-electron chi connectivity index (χ3n) is 1.78. The van der Waals surface area contributed by atoms with E-state index in [1.54, 1.807) is 0 Å². The molecule has 0 amide bonds. The quantitative estimate of drug-likeness (QED) is 0.668. The van der Waals surface area contributed by atoms with Gasteiger partial charge < -0.3 is 9.88 Å².